The van der Waals surface area contributed by atoms with E-state index in [1.807, 2.05) is 42.5 Å². The van der Waals surface area contributed by atoms with Gasteiger partial charge in [0.1, 0.15) is 0 Å². The summed E-state index contributed by atoms with van der Waals surface area (Å²) in [6, 6.07) is 13.0. The van der Waals surface area contributed by atoms with Gasteiger partial charge in [0.15, 0.2) is 0 Å². The van der Waals surface area contributed by atoms with Crippen LogP contribution in [0.3, 0.4) is 0 Å². The first kappa shape index (κ1) is 19.0. The molecule has 2 N–H and O–H groups in total. The highest BCUT2D eigenvalue weighted by Gasteiger charge is 2.32. The van der Waals surface area contributed by atoms with Gasteiger partial charge in [-0.05, 0) is 29.7 Å². The van der Waals surface area contributed by atoms with Gasteiger partial charge in [-0.2, -0.15) is 0 Å². The molecule has 0 saturated heterocycles. The molecule has 27 heavy (non-hydrogen) atoms. The van der Waals surface area contributed by atoms with Crippen LogP contribution in [0.15, 0.2) is 53.7 Å². The average molecular weight is 366 g/mol. The molecule has 0 aliphatic carbocycles. The molecule has 1 heterocycles. The molecule has 0 bridgehead atoms. The molecule has 5 heteroatoms. The molecule has 142 valence electrons. The third kappa shape index (κ3) is 4.30. The lowest BCUT2D eigenvalue weighted by Gasteiger charge is -2.29. The minimum absolute atomic E-state index is 0.315. The zero-order chi connectivity index (χ0) is 19.2. The number of allylic oxidation sites excluding steroid dienone is 1. The number of hydrogen-bond donors (Lipinski definition) is 2. The summed E-state index contributed by atoms with van der Waals surface area (Å²) in [6.07, 6.45) is 4.17. The summed E-state index contributed by atoms with van der Waals surface area (Å²) in [5.74, 6) is -0.380. The lowest BCUT2D eigenvalue weighted by Crippen LogP contribution is -2.45. The molecule has 3 rings (SSSR count). The Hall–Kier alpha value is -2.82. The largest absolute Gasteiger partial charge is 0.462 e. The third-order valence-electron chi connectivity index (χ3n) is 4.85. The Morgan fingerprint density at radius 2 is 1.85 bits per heavy atom. The molecule has 0 aromatic heterocycles. The van der Waals surface area contributed by atoms with E-state index in [0.717, 1.165) is 42.0 Å². The Morgan fingerprint density at radius 3 is 2.67 bits per heavy atom. The molecule has 1 aliphatic rings. The summed E-state index contributed by atoms with van der Waals surface area (Å²) in [5, 5.41) is 7.66. The van der Waals surface area contributed by atoms with Crippen LogP contribution in [0.25, 0.3) is 10.8 Å². The fourth-order valence-corrected chi connectivity index (χ4v) is 3.47. The lowest BCUT2D eigenvalue weighted by molar-refractivity contribution is -0.139. The Labute approximate surface area is 159 Å². The summed E-state index contributed by atoms with van der Waals surface area (Å²) < 4.78 is 5.51. The van der Waals surface area contributed by atoms with E-state index in [1.54, 1.807) is 6.92 Å². The van der Waals surface area contributed by atoms with Crippen molar-refractivity contribution in [3.8, 4) is 0 Å². The first-order chi connectivity index (χ1) is 13.1. The monoisotopic (exact) mass is 366 g/mol. The van der Waals surface area contributed by atoms with E-state index in [0.29, 0.717) is 17.9 Å². The predicted octanol–water partition coefficient (Wildman–Crippen LogP) is 4.59. The van der Waals surface area contributed by atoms with E-state index >= 15 is 0 Å². The van der Waals surface area contributed by atoms with Crippen LogP contribution >= 0.6 is 0 Å². The topological polar surface area (TPSA) is 67.4 Å². The zero-order valence-corrected chi connectivity index (χ0v) is 15.9. The summed E-state index contributed by atoms with van der Waals surface area (Å²) in [4.78, 5) is 24.9. The molecular weight excluding hydrogens is 340 g/mol. The van der Waals surface area contributed by atoms with Crippen LogP contribution < -0.4 is 10.6 Å². The Morgan fingerprint density at radius 1 is 1.07 bits per heavy atom. The number of benzene rings is 2. The van der Waals surface area contributed by atoms with Crippen molar-refractivity contribution in [1.82, 2.24) is 10.6 Å². The highest BCUT2D eigenvalue weighted by Crippen LogP contribution is 2.32. The standard InChI is InChI=1S/C22H26N2O3/c1-3-4-5-8-14-27-21(25)19-15(2)23-22(26)24-20(19)18-13-9-11-16-10-6-7-12-17(16)18/h6-7,9-13,20H,3-5,8,14H2,1-2H3,(H2,23,24,26)/t20-/m0/s1. The number of carbonyl (C=O) groups excluding carboxylic acids is 2. The van der Waals surface area contributed by atoms with Gasteiger partial charge in [0.05, 0.1) is 18.2 Å². The molecular formula is C22H26N2O3. The number of carbonyl (C=O) groups is 2. The van der Waals surface area contributed by atoms with E-state index in [-0.39, 0.29) is 12.0 Å². The summed E-state index contributed by atoms with van der Waals surface area (Å²) in [7, 11) is 0. The molecule has 2 aromatic rings. The number of hydrogen-bond acceptors (Lipinski definition) is 3. The Kier molecular flexibility index (Phi) is 6.12. The molecule has 0 radical (unpaired) electrons. The van der Waals surface area contributed by atoms with Crippen molar-refractivity contribution >= 4 is 22.8 Å². The fourth-order valence-electron chi connectivity index (χ4n) is 3.47. The van der Waals surface area contributed by atoms with E-state index in [1.165, 1.54) is 0 Å². The average Bonchev–Trinajstić information content (AvgIpc) is 2.66. The molecule has 5 nitrogen and oxygen atoms in total. The second-order valence-corrected chi connectivity index (χ2v) is 6.84. The first-order valence-electron chi connectivity index (χ1n) is 9.55. The lowest BCUT2D eigenvalue weighted by atomic mass is 9.91. The number of unbranched alkanes of at least 4 members (excludes halogenated alkanes) is 3. The Bertz CT molecular complexity index is 867. The Balaban J connectivity index is 1.89. The van der Waals surface area contributed by atoms with Gasteiger partial charge >= 0.3 is 12.0 Å². The number of rotatable bonds is 7. The third-order valence-corrected chi connectivity index (χ3v) is 4.85. The van der Waals surface area contributed by atoms with Crippen LogP contribution in [0.2, 0.25) is 0 Å². The van der Waals surface area contributed by atoms with Gasteiger partial charge < -0.3 is 15.4 Å². The number of esters is 1. The molecule has 0 fully saturated rings. The zero-order valence-electron chi connectivity index (χ0n) is 15.9. The van der Waals surface area contributed by atoms with Crippen LogP contribution in [0, 0.1) is 0 Å². The van der Waals surface area contributed by atoms with Gasteiger partial charge in [-0.15, -0.1) is 0 Å². The van der Waals surface area contributed by atoms with Crippen molar-refractivity contribution in [1.29, 1.82) is 0 Å². The summed E-state index contributed by atoms with van der Waals surface area (Å²) in [5.41, 5.74) is 1.89. The van der Waals surface area contributed by atoms with Crippen LogP contribution in [-0.2, 0) is 9.53 Å². The minimum atomic E-state index is -0.534. The summed E-state index contributed by atoms with van der Waals surface area (Å²) >= 11 is 0. The van der Waals surface area contributed by atoms with Crippen molar-refractivity contribution < 1.29 is 14.3 Å². The fraction of sp³-hybridized carbons (Fsp3) is 0.364. The quantitative estimate of drug-likeness (QED) is 0.556. The number of ether oxygens (including phenoxy) is 1. The molecule has 0 spiro atoms. The van der Waals surface area contributed by atoms with Gasteiger partial charge in [-0.1, -0.05) is 68.7 Å². The van der Waals surface area contributed by atoms with Gasteiger partial charge in [0, 0.05) is 5.70 Å². The maximum atomic E-state index is 12.8. The molecule has 1 aliphatic heterocycles. The second kappa shape index (κ2) is 8.71. The molecule has 2 aromatic carbocycles. The van der Waals surface area contributed by atoms with Crippen molar-refractivity contribution in [2.24, 2.45) is 0 Å². The maximum absolute atomic E-state index is 12.8. The van der Waals surface area contributed by atoms with Crippen molar-refractivity contribution in [2.45, 2.75) is 45.6 Å². The van der Waals surface area contributed by atoms with Crippen LogP contribution in [0.4, 0.5) is 4.79 Å². The van der Waals surface area contributed by atoms with E-state index in [4.69, 9.17) is 4.74 Å². The second-order valence-electron chi connectivity index (χ2n) is 6.84. The SMILES string of the molecule is CCCCCCOC(=O)C1=C(C)NC(=O)N[C@H]1c1cccc2ccccc12. The highest BCUT2D eigenvalue weighted by atomic mass is 16.5. The number of urea groups is 1. The number of nitrogens with one attached hydrogen (secondary N) is 2. The molecule has 1 atom stereocenters. The van der Waals surface area contributed by atoms with E-state index < -0.39 is 6.04 Å². The molecule has 0 unspecified atom stereocenters. The molecule has 2 amide bonds. The van der Waals surface area contributed by atoms with Crippen LogP contribution in [0.1, 0.15) is 51.1 Å². The van der Waals surface area contributed by atoms with Gasteiger partial charge in [-0.3, -0.25) is 0 Å². The van der Waals surface area contributed by atoms with Crippen molar-refractivity contribution in [2.75, 3.05) is 6.61 Å². The van der Waals surface area contributed by atoms with E-state index in [9.17, 15) is 9.59 Å². The van der Waals surface area contributed by atoms with Crippen molar-refractivity contribution in [3.05, 3.63) is 59.3 Å². The van der Waals surface area contributed by atoms with Crippen LogP contribution in [-0.4, -0.2) is 18.6 Å². The van der Waals surface area contributed by atoms with Gasteiger partial charge in [0.25, 0.3) is 0 Å². The smallest absolute Gasteiger partial charge is 0.338 e. The summed E-state index contributed by atoms with van der Waals surface area (Å²) in [6.45, 7) is 4.28. The van der Waals surface area contributed by atoms with Gasteiger partial charge in [0.2, 0.25) is 0 Å². The highest BCUT2D eigenvalue weighted by molar-refractivity contribution is 5.97. The number of amides is 2. The maximum Gasteiger partial charge on any atom is 0.338 e. The van der Waals surface area contributed by atoms with Crippen LogP contribution in [0.5, 0.6) is 0 Å². The normalized spacial score (nSPS) is 16.8. The van der Waals surface area contributed by atoms with Gasteiger partial charge in [-0.25, -0.2) is 9.59 Å². The van der Waals surface area contributed by atoms with E-state index in [2.05, 4.69) is 17.6 Å². The minimum Gasteiger partial charge on any atom is -0.462 e. The number of fused-ring (bicyclic) bond motifs is 1. The van der Waals surface area contributed by atoms with Crippen molar-refractivity contribution in [3.63, 3.8) is 0 Å². The predicted molar refractivity (Wildman–Crippen MR) is 106 cm³/mol. The first-order valence-corrected chi connectivity index (χ1v) is 9.55. The molecule has 0 saturated carbocycles.